The van der Waals surface area contributed by atoms with Gasteiger partial charge in [-0.15, -0.1) is 0 Å². The molecule has 2 aromatic carbocycles. The number of carboxylic acids is 1. The van der Waals surface area contributed by atoms with E-state index >= 15 is 0 Å². The van der Waals surface area contributed by atoms with Crippen molar-refractivity contribution < 1.29 is 15.1 Å². The van der Waals surface area contributed by atoms with Gasteiger partial charge in [-0.2, -0.15) is 0 Å². The Kier molecular flexibility index (Phi) is 4.49. The van der Waals surface area contributed by atoms with Gasteiger partial charge in [-0.3, -0.25) is 10.0 Å². The number of aliphatic carboxylic acids is 1. The van der Waals surface area contributed by atoms with Crippen LogP contribution < -0.4 is 5.06 Å². The largest absolute Gasteiger partial charge is 0.481 e. The monoisotopic (exact) mass is 311 g/mol. The molecule has 2 rings (SSSR count). The lowest BCUT2D eigenvalue weighted by molar-refractivity contribution is -0.136. The van der Waals surface area contributed by atoms with E-state index in [1.165, 1.54) is 6.07 Å². The predicted molar refractivity (Wildman–Crippen MR) is 78.2 cm³/mol. The number of nitrogens with zero attached hydrogens (tertiary/aromatic N) is 1. The summed E-state index contributed by atoms with van der Waals surface area (Å²) in [5.74, 6) is -0.934. The molecule has 20 heavy (non-hydrogen) atoms. The van der Waals surface area contributed by atoms with E-state index < -0.39 is 5.97 Å². The van der Waals surface area contributed by atoms with Crippen LogP contribution in [-0.2, 0) is 11.2 Å². The van der Waals surface area contributed by atoms with Crippen LogP contribution in [0.4, 0.5) is 11.4 Å². The molecular weight excluding hydrogens is 301 g/mol. The summed E-state index contributed by atoms with van der Waals surface area (Å²) in [4.78, 5) is 10.7. The van der Waals surface area contributed by atoms with Crippen LogP contribution in [-0.4, -0.2) is 16.3 Å². The van der Waals surface area contributed by atoms with Crippen molar-refractivity contribution >= 4 is 40.5 Å². The maximum atomic E-state index is 10.7. The highest BCUT2D eigenvalue weighted by molar-refractivity contribution is 6.36. The summed E-state index contributed by atoms with van der Waals surface area (Å²) in [7, 11) is 0. The fraction of sp³-hybridized carbons (Fsp3) is 0.0714. The third-order valence-electron chi connectivity index (χ3n) is 2.65. The maximum absolute atomic E-state index is 10.7. The Bertz CT molecular complexity index is 646. The first kappa shape index (κ1) is 14.7. The van der Waals surface area contributed by atoms with E-state index in [0.29, 0.717) is 27.0 Å². The van der Waals surface area contributed by atoms with Crippen LogP contribution in [0.2, 0.25) is 10.0 Å². The molecule has 2 N–H and O–H groups in total. The Morgan fingerprint density at radius 2 is 1.90 bits per heavy atom. The number of anilines is 2. The van der Waals surface area contributed by atoms with Crippen molar-refractivity contribution in [3.63, 3.8) is 0 Å². The van der Waals surface area contributed by atoms with Crippen LogP contribution in [0.15, 0.2) is 42.5 Å². The maximum Gasteiger partial charge on any atom is 0.307 e. The Hall–Kier alpha value is -1.75. The first-order valence-corrected chi connectivity index (χ1v) is 6.48. The molecule has 0 bridgehead atoms. The van der Waals surface area contributed by atoms with Gasteiger partial charge in [0, 0.05) is 5.02 Å². The van der Waals surface area contributed by atoms with Crippen LogP contribution in [0.1, 0.15) is 5.56 Å². The lowest BCUT2D eigenvalue weighted by Gasteiger charge is -2.19. The van der Waals surface area contributed by atoms with Crippen molar-refractivity contribution in [2.45, 2.75) is 6.42 Å². The van der Waals surface area contributed by atoms with Gasteiger partial charge in [0.25, 0.3) is 0 Å². The van der Waals surface area contributed by atoms with Gasteiger partial charge >= 0.3 is 5.97 Å². The Morgan fingerprint density at radius 3 is 2.55 bits per heavy atom. The van der Waals surface area contributed by atoms with Gasteiger partial charge in [0.05, 0.1) is 22.8 Å². The molecule has 0 aliphatic carbocycles. The molecule has 0 spiro atoms. The molecule has 0 radical (unpaired) electrons. The van der Waals surface area contributed by atoms with Crippen molar-refractivity contribution in [1.29, 1.82) is 0 Å². The molecule has 0 fully saturated rings. The van der Waals surface area contributed by atoms with E-state index in [9.17, 15) is 10.0 Å². The van der Waals surface area contributed by atoms with Crippen LogP contribution in [0.3, 0.4) is 0 Å². The van der Waals surface area contributed by atoms with Gasteiger partial charge in [0.15, 0.2) is 0 Å². The molecule has 0 heterocycles. The van der Waals surface area contributed by atoms with Crippen molar-refractivity contribution in [2.24, 2.45) is 0 Å². The van der Waals surface area contributed by atoms with Crippen molar-refractivity contribution in [3.8, 4) is 0 Å². The zero-order valence-electron chi connectivity index (χ0n) is 10.3. The molecule has 0 saturated heterocycles. The first-order valence-electron chi connectivity index (χ1n) is 5.72. The van der Waals surface area contributed by atoms with Crippen molar-refractivity contribution in [1.82, 2.24) is 0 Å². The van der Waals surface area contributed by atoms with E-state index in [4.69, 9.17) is 28.3 Å². The van der Waals surface area contributed by atoms with E-state index in [1.807, 2.05) is 0 Å². The molecule has 0 aliphatic heterocycles. The first-order chi connectivity index (χ1) is 9.47. The minimum atomic E-state index is -0.934. The molecule has 0 atom stereocenters. The summed E-state index contributed by atoms with van der Waals surface area (Å²) >= 11 is 11.8. The number of hydrogen-bond donors (Lipinski definition) is 2. The second-order valence-electron chi connectivity index (χ2n) is 4.15. The number of carbonyl (C=O) groups is 1. The Labute approximate surface area is 125 Å². The van der Waals surface area contributed by atoms with E-state index in [0.717, 1.165) is 5.06 Å². The summed E-state index contributed by atoms with van der Waals surface area (Å²) in [6, 6.07) is 11.3. The van der Waals surface area contributed by atoms with Gasteiger partial charge in [-0.25, -0.2) is 5.06 Å². The van der Waals surface area contributed by atoms with Gasteiger partial charge in [0.1, 0.15) is 0 Å². The quantitative estimate of drug-likeness (QED) is 0.833. The smallest absolute Gasteiger partial charge is 0.307 e. The molecule has 0 saturated carbocycles. The minimum absolute atomic E-state index is 0.115. The third kappa shape index (κ3) is 3.42. The SMILES string of the molecule is O=C(O)Cc1cccc(N(O)c2ccc(Cl)cc2Cl)c1. The number of carboxylic acid groups (broad SMARTS) is 1. The minimum Gasteiger partial charge on any atom is -0.481 e. The Balaban J connectivity index is 2.32. The number of benzene rings is 2. The summed E-state index contributed by atoms with van der Waals surface area (Å²) < 4.78 is 0. The molecule has 104 valence electrons. The lowest BCUT2D eigenvalue weighted by Crippen LogP contribution is -2.11. The van der Waals surface area contributed by atoms with Crippen molar-refractivity contribution in [3.05, 3.63) is 58.1 Å². The second-order valence-corrected chi connectivity index (χ2v) is 4.99. The Morgan fingerprint density at radius 1 is 1.15 bits per heavy atom. The van der Waals surface area contributed by atoms with Crippen LogP contribution >= 0.6 is 23.2 Å². The average molecular weight is 312 g/mol. The zero-order chi connectivity index (χ0) is 14.7. The average Bonchev–Trinajstić information content (AvgIpc) is 2.37. The molecule has 6 heteroatoms. The van der Waals surface area contributed by atoms with Crippen LogP contribution in [0.5, 0.6) is 0 Å². The molecule has 0 amide bonds. The van der Waals surface area contributed by atoms with E-state index in [2.05, 4.69) is 0 Å². The fourth-order valence-electron chi connectivity index (χ4n) is 1.76. The molecular formula is C14H11Cl2NO3. The van der Waals surface area contributed by atoms with E-state index in [-0.39, 0.29) is 6.42 Å². The highest BCUT2D eigenvalue weighted by Crippen LogP contribution is 2.32. The fourth-order valence-corrected chi connectivity index (χ4v) is 2.25. The molecule has 0 aliphatic rings. The standard InChI is InChI=1S/C14H11Cl2NO3/c15-10-4-5-13(12(16)8-10)17(20)11-3-1-2-9(6-11)7-14(18)19/h1-6,8,20H,7H2,(H,18,19). The van der Waals surface area contributed by atoms with Crippen LogP contribution in [0.25, 0.3) is 0 Å². The van der Waals surface area contributed by atoms with Gasteiger partial charge < -0.3 is 5.11 Å². The van der Waals surface area contributed by atoms with E-state index in [1.54, 1.807) is 36.4 Å². The normalized spacial score (nSPS) is 10.3. The van der Waals surface area contributed by atoms with Gasteiger partial charge in [-0.1, -0.05) is 35.3 Å². The van der Waals surface area contributed by atoms with Crippen molar-refractivity contribution in [2.75, 3.05) is 5.06 Å². The lowest BCUT2D eigenvalue weighted by atomic mass is 10.1. The van der Waals surface area contributed by atoms with Gasteiger partial charge in [-0.05, 0) is 35.9 Å². The number of rotatable bonds is 4. The van der Waals surface area contributed by atoms with Crippen LogP contribution in [0, 0.1) is 0 Å². The number of halogens is 2. The highest BCUT2D eigenvalue weighted by atomic mass is 35.5. The molecule has 0 unspecified atom stereocenters. The summed E-state index contributed by atoms with van der Waals surface area (Å²) in [6.07, 6.45) is -0.115. The highest BCUT2D eigenvalue weighted by Gasteiger charge is 2.12. The summed E-state index contributed by atoms with van der Waals surface area (Å²) in [6.45, 7) is 0. The topological polar surface area (TPSA) is 60.8 Å². The second kappa shape index (κ2) is 6.13. The summed E-state index contributed by atoms with van der Waals surface area (Å²) in [5.41, 5.74) is 1.37. The molecule has 0 aromatic heterocycles. The zero-order valence-corrected chi connectivity index (χ0v) is 11.8. The summed E-state index contributed by atoms with van der Waals surface area (Å²) in [5, 5.41) is 20.6. The number of hydrogen-bond acceptors (Lipinski definition) is 3. The predicted octanol–water partition coefficient (Wildman–Crippen LogP) is 4.15. The molecule has 2 aromatic rings. The molecule has 4 nitrogen and oxygen atoms in total. The van der Waals surface area contributed by atoms with Gasteiger partial charge in [0.2, 0.25) is 0 Å². The third-order valence-corrected chi connectivity index (χ3v) is 3.19.